The average Bonchev–Trinajstić information content (AvgIpc) is 2.39. The molecule has 0 aliphatic carbocycles. The molecular weight excluding hydrogens is 255 g/mol. The number of alkyl halides is 3. The number of halogens is 3. The van der Waals surface area contributed by atoms with Crippen LogP contribution in [0.5, 0.6) is 0 Å². The van der Waals surface area contributed by atoms with E-state index in [0.29, 0.717) is 5.56 Å². The lowest BCUT2D eigenvalue weighted by Crippen LogP contribution is -2.38. The van der Waals surface area contributed by atoms with Crippen LogP contribution in [0.1, 0.15) is 5.56 Å². The highest BCUT2D eigenvalue weighted by atomic mass is 19.4. The summed E-state index contributed by atoms with van der Waals surface area (Å²) >= 11 is 0. The number of anilines is 1. The Balaban J connectivity index is 2.13. The number of nitrogens with zero attached hydrogens (tertiary/aromatic N) is 2. The molecule has 0 aliphatic heterocycles. The fourth-order valence-corrected chi connectivity index (χ4v) is 1.63. The number of aromatic nitrogens is 2. The van der Waals surface area contributed by atoms with Crippen LogP contribution >= 0.6 is 0 Å². The molecule has 1 atom stereocenters. The zero-order valence-electron chi connectivity index (χ0n) is 9.93. The van der Waals surface area contributed by atoms with Crippen molar-refractivity contribution < 1.29 is 13.2 Å². The quantitative estimate of drug-likeness (QED) is 0.925. The van der Waals surface area contributed by atoms with Crippen LogP contribution in [0.15, 0.2) is 48.9 Å². The second-order valence-corrected chi connectivity index (χ2v) is 4.01. The van der Waals surface area contributed by atoms with Crippen LogP contribution in [0.4, 0.5) is 19.0 Å². The van der Waals surface area contributed by atoms with Crippen molar-refractivity contribution in [2.45, 2.75) is 18.6 Å². The Morgan fingerprint density at radius 3 is 2.37 bits per heavy atom. The van der Waals surface area contributed by atoms with Crippen molar-refractivity contribution in [1.82, 2.24) is 9.97 Å². The van der Waals surface area contributed by atoms with Crippen molar-refractivity contribution in [3.63, 3.8) is 0 Å². The van der Waals surface area contributed by atoms with Crippen LogP contribution in [0.25, 0.3) is 0 Å². The Kier molecular flexibility index (Phi) is 3.99. The Morgan fingerprint density at radius 1 is 1.05 bits per heavy atom. The van der Waals surface area contributed by atoms with Gasteiger partial charge in [0.25, 0.3) is 0 Å². The monoisotopic (exact) mass is 267 g/mol. The van der Waals surface area contributed by atoms with Crippen molar-refractivity contribution in [2.75, 3.05) is 5.32 Å². The molecule has 6 heteroatoms. The molecule has 2 heterocycles. The summed E-state index contributed by atoms with van der Waals surface area (Å²) in [6, 6.07) is 6.25. The molecule has 0 aromatic carbocycles. The maximum atomic E-state index is 13.0. The van der Waals surface area contributed by atoms with Crippen LogP contribution in [0.2, 0.25) is 0 Å². The van der Waals surface area contributed by atoms with Crippen LogP contribution in [-0.2, 0) is 6.42 Å². The van der Waals surface area contributed by atoms with Crippen molar-refractivity contribution in [3.8, 4) is 0 Å². The van der Waals surface area contributed by atoms with Crippen molar-refractivity contribution in [3.05, 3.63) is 54.5 Å². The maximum Gasteiger partial charge on any atom is 0.408 e. The number of pyridine rings is 2. The van der Waals surface area contributed by atoms with E-state index < -0.39 is 12.2 Å². The molecule has 3 nitrogen and oxygen atoms in total. The van der Waals surface area contributed by atoms with Gasteiger partial charge >= 0.3 is 6.18 Å². The zero-order valence-corrected chi connectivity index (χ0v) is 9.93. The first-order valence-electron chi connectivity index (χ1n) is 5.69. The summed E-state index contributed by atoms with van der Waals surface area (Å²) in [5.41, 5.74) is 0.570. The summed E-state index contributed by atoms with van der Waals surface area (Å²) < 4.78 is 39.0. The number of hydrogen-bond acceptors (Lipinski definition) is 3. The van der Waals surface area contributed by atoms with Crippen LogP contribution in [-0.4, -0.2) is 22.2 Å². The molecule has 2 aromatic rings. The molecule has 0 aliphatic rings. The van der Waals surface area contributed by atoms with Gasteiger partial charge in [0.15, 0.2) is 0 Å². The molecule has 0 saturated heterocycles. The third kappa shape index (κ3) is 3.94. The van der Waals surface area contributed by atoms with Gasteiger partial charge in [-0.15, -0.1) is 0 Å². The molecule has 2 aromatic heterocycles. The van der Waals surface area contributed by atoms with E-state index in [1.807, 2.05) is 0 Å². The summed E-state index contributed by atoms with van der Waals surface area (Å²) in [6.45, 7) is 0. The van der Waals surface area contributed by atoms with Gasteiger partial charge in [-0.1, -0.05) is 6.07 Å². The molecule has 0 fully saturated rings. The fraction of sp³-hybridized carbons (Fsp3) is 0.231. The topological polar surface area (TPSA) is 37.8 Å². The second-order valence-electron chi connectivity index (χ2n) is 4.01. The smallest absolute Gasteiger partial charge is 0.358 e. The van der Waals surface area contributed by atoms with Crippen molar-refractivity contribution in [1.29, 1.82) is 0 Å². The van der Waals surface area contributed by atoms with Crippen LogP contribution in [0, 0.1) is 0 Å². The molecule has 0 amide bonds. The van der Waals surface area contributed by atoms with Gasteiger partial charge < -0.3 is 5.32 Å². The molecular formula is C13H12F3N3. The van der Waals surface area contributed by atoms with Crippen LogP contribution in [0.3, 0.4) is 0 Å². The zero-order chi connectivity index (χ0) is 13.7. The normalized spacial score (nSPS) is 13.0. The van der Waals surface area contributed by atoms with Gasteiger partial charge in [-0.3, -0.25) is 4.98 Å². The third-order valence-corrected chi connectivity index (χ3v) is 2.57. The highest BCUT2D eigenvalue weighted by Gasteiger charge is 2.39. The van der Waals surface area contributed by atoms with Gasteiger partial charge in [-0.2, -0.15) is 13.2 Å². The Hall–Kier alpha value is -2.11. The highest BCUT2D eigenvalue weighted by Crippen LogP contribution is 2.25. The van der Waals surface area contributed by atoms with E-state index in [9.17, 15) is 13.2 Å². The average molecular weight is 267 g/mol. The Bertz CT molecular complexity index is 458. The predicted molar refractivity (Wildman–Crippen MR) is 65.6 cm³/mol. The highest BCUT2D eigenvalue weighted by molar-refractivity contribution is 5.35. The first-order chi connectivity index (χ1) is 9.05. The van der Waals surface area contributed by atoms with Crippen molar-refractivity contribution >= 4 is 5.82 Å². The number of nitrogens with one attached hydrogen (secondary N) is 1. The molecule has 100 valence electrons. The van der Waals surface area contributed by atoms with E-state index in [0.717, 1.165) is 0 Å². The predicted octanol–water partition coefficient (Wildman–Crippen LogP) is 3.06. The summed E-state index contributed by atoms with van der Waals surface area (Å²) in [5.74, 6) is 0.207. The third-order valence-electron chi connectivity index (χ3n) is 2.57. The molecule has 2 rings (SSSR count). The lowest BCUT2D eigenvalue weighted by Gasteiger charge is -2.22. The first-order valence-corrected chi connectivity index (χ1v) is 5.69. The molecule has 19 heavy (non-hydrogen) atoms. The number of hydrogen-bond donors (Lipinski definition) is 1. The largest absolute Gasteiger partial charge is 0.408 e. The van der Waals surface area contributed by atoms with E-state index >= 15 is 0 Å². The van der Waals surface area contributed by atoms with E-state index in [1.165, 1.54) is 24.7 Å². The summed E-state index contributed by atoms with van der Waals surface area (Å²) in [6.07, 6.45) is -0.112. The summed E-state index contributed by atoms with van der Waals surface area (Å²) in [5, 5.41) is 2.41. The van der Waals surface area contributed by atoms with Gasteiger partial charge in [0.2, 0.25) is 0 Å². The number of rotatable bonds is 4. The van der Waals surface area contributed by atoms with Crippen molar-refractivity contribution in [2.24, 2.45) is 0 Å². The Morgan fingerprint density at radius 2 is 1.79 bits per heavy atom. The van der Waals surface area contributed by atoms with Gasteiger partial charge in [0.05, 0.1) is 0 Å². The molecule has 1 N–H and O–H groups in total. The second kappa shape index (κ2) is 5.69. The van der Waals surface area contributed by atoms with E-state index in [-0.39, 0.29) is 12.2 Å². The Labute approximate surface area is 108 Å². The van der Waals surface area contributed by atoms with E-state index in [2.05, 4.69) is 15.3 Å². The maximum absolute atomic E-state index is 13.0. The summed E-state index contributed by atoms with van der Waals surface area (Å²) in [4.78, 5) is 7.64. The fourth-order valence-electron chi connectivity index (χ4n) is 1.63. The minimum atomic E-state index is -4.35. The lowest BCUT2D eigenvalue weighted by molar-refractivity contribution is -0.142. The molecule has 0 spiro atoms. The first kappa shape index (κ1) is 13.3. The van der Waals surface area contributed by atoms with E-state index in [4.69, 9.17) is 0 Å². The van der Waals surface area contributed by atoms with Gasteiger partial charge in [-0.05, 0) is 29.8 Å². The van der Waals surface area contributed by atoms with Crippen LogP contribution < -0.4 is 5.32 Å². The minimum Gasteiger partial charge on any atom is -0.358 e. The minimum absolute atomic E-state index is 0.164. The van der Waals surface area contributed by atoms with Gasteiger partial charge in [0.1, 0.15) is 11.9 Å². The SMILES string of the molecule is FC(F)(F)[C@@H](Cc1ccncc1)Nc1ccccn1. The van der Waals surface area contributed by atoms with Gasteiger partial charge in [-0.25, -0.2) is 4.98 Å². The molecule has 0 saturated carbocycles. The molecule has 0 unspecified atom stereocenters. The molecule has 0 radical (unpaired) electrons. The standard InChI is InChI=1S/C13H12F3N3/c14-13(15,16)11(9-10-4-7-17-8-5-10)19-12-3-1-2-6-18-12/h1-8,11H,9H2,(H,18,19)/t11-/m1/s1. The van der Waals surface area contributed by atoms with Gasteiger partial charge in [0, 0.05) is 25.0 Å². The summed E-state index contributed by atoms with van der Waals surface area (Å²) in [7, 11) is 0. The molecule has 0 bridgehead atoms. The lowest BCUT2D eigenvalue weighted by atomic mass is 10.1. The van der Waals surface area contributed by atoms with E-state index in [1.54, 1.807) is 24.3 Å².